The van der Waals surface area contributed by atoms with Crippen LogP contribution in [0.5, 0.6) is 5.75 Å². The fourth-order valence-electron chi connectivity index (χ4n) is 5.07. The van der Waals surface area contributed by atoms with Crippen molar-refractivity contribution in [2.24, 2.45) is 0 Å². The summed E-state index contributed by atoms with van der Waals surface area (Å²) in [5.41, 5.74) is 2.36. The number of hydrogen-bond acceptors (Lipinski definition) is 6. The lowest BCUT2D eigenvalue weighted by molar-refractivity contribution is 0.0213. The zero-order chi connectivity index (χ0) is 22.7. The Bertz CT molecular complexity index is 1300. The minimum absolute atomic E-state index is 0.137. The summed E-state index contributed by atoms with van der Waals surface area (Å²) in [5.74, 6) is 0.537. The molecule has 2 aliphatic heterocycles. The van der Waals surface area contributed by atoms with Crippen LogP contribution in [0.2, 0.25) is 0 Å². The number of H-pyrrole nitrogens is 1. The van der Waals surface area contributed by atoms with E-state index in [9.17, 15) is 18.3 Å². The first-order valence-electron chi connectivity index (χ1n) is 10.2. The van der Waals surface area contributed by atoms with Crippen molar-refractivity contribution in [3.63, 3.8) is 0 Å². The Balaban J connectivity index is 1.61. The number of aliphatic hydroxyl groups is 1. The molecule has 0 radical (unpaired) electrons. The van der Waals surface area contributed by atoms with E-state index in [4.69, 9.17) is 4.74 Å². The number of fused-ring (bicyclic) bond motifs is 4. The predicted molar refractivity (Wildman–Crippen MR) is 118 cm³/mol. The Labute approximate surface area is 185 Å². The molecule has 2 aliphatic rings. The van der Waals surface area contributed by atoms with Gasteiger partial charge < -0.3 is 19.7 Å². The molecule has 5 rings (SSSR count). The van der Waals surface area contributed by atoms with Crippen LogP contribution in [0.4, 0.5) is 0 Å². The molecule has 1 aromatic carbocycles. The molecule has 2 aromatic heterocycles. The first-order chi connectivity index (χ1) is 15.3. The predicted octanol–water partition coefficient (Wildman–Crippen LogP) is 1.27. The molecule has 1 amide bonds. The third kappa shape index (κ3) is 3.09. The number of rotatable bonds is 4. The van der Waals surface area contributed by atoms with Crippen LogP contribution in [0.25, 0.3) is 10.9 Å². The minimum atomic E-state index is -3.60. The third-order valence-electron chi connectivity index (χ3n) is 6.49. The number of likely N-dealkylation sites (tertiary alicyclic amines) is 1. The zero-order valence-corrected chi connectivity index (χ0v) is 18.6. The second-order valence-electron chi connectivity index (χ2n) is 8.52. The molecule has 4 heterocycles. The fraction of sp³-hybridized carbons (Fsp3) is 0.364. The van der Waals surface area contributed by atoms with Gasteiger partial charge in [0, 0.05) is 60.1 Å². The van der Waals surface area contributed by atoms with Gasteiger partial charge in [-0.2, -0.15) is 4.31 Å². The van der Waals surface area contributed by atoms with Crippen LogP contribution in [0.1, 0.15) is 27.7 Å². The Morgan fingerprint density at radius 1 is 1.31 bits per heavy atom. The van der Waals surface area contributed by atoms with Gasteiger partial charge in [0.25, 0.3) is 5.91 Å². The van der Waals surface area contributed by atoms with E-state index in [1.54, 1.807) is 30.3 Å². The summed E-state index contributed by atoms with van der Waals surface area (Å²) in [6, 6.07) is 8.38. The summed E-state index contributed by atoms with van der Waals surface area (Å²) in [4.78, 5) is 22.0. The van der Waals surface area contributed by atoms with E-state index in [1.807, 2.05) is 18.2 Å². The molecule has 32 heavy (non-hydrogen) atoms. The summed E-state index contributed by atoms with van der Waals surface area (Å²) in [7, 11) is -2.02. The molecule has 1 atom stereocenters. The summed E-state index contributed by atoms with van der Waals surface area (Å²) in [6.07, 6.45) is 4.29. The van der Waals surface area contributed by atoms with E-state index in [0.717, 1.165) is 22.7 Å². The molecule has 2 N–H and O–H groups in total. The third-order valence-corrected chi connectivity index (χ3v) is 7.72. The molecule has 0 saturated carbocycles. The lowest BCUT2D eigenvalue weighted by atomic mass is 9.69. The van der Waals surface area contributed by atoms with E-state index in [0.29, 0.717) is 30.1 Å². The van der Waals surface area contributed by atoms with Gasteiger partial charge in [-0.1, -0.05) is 0 Å². The van der Waals surface area contributed by atoms with Crippen LogP contribution < -0.4 is 4.74 Å². The van der Waals surface area contributed by atoms with E-state index < -0.39 is 21.5 Å². The molecule has 0 unspecified atom stereocenters. The number of hydrogen-bond donors (Lipinski definition) is 2. The summed E-state index contributed by atoms with van der Waals surface area (Å²) in [5, 5.41) is 11.1. The van der Waals surface area contributed by atoms with Gasteiger partial charge in [-0.3, -0.25) is 9.78 Å². The van der Waals surface area contributed by atoms with Crippen LogP contribution in [-0.2, 0) is 15.4 Å². The number of amides is 1. The van der Waals surface area contributed by atoms with Gasteiger partial charge in [0.2, 0.25) is 10.0 Å². The highest BCUT2D eigenvalue weighted by Gasteiger charge is 2.55. The number of pyridine rings is 1. The molecule has 1 saturated heterocycles. The number of sulfonamides is 1. The number of nitrogens with one attached hydrogen (secondary N) is 1. The van der Waals surface area contributed by atoms with Crippen molar-refractivity contribution in [3.8, 4) is 5.75 Å². The number of aliphatic hydroxyl groups excluding tert-OH is 1. The van der Waals surface area contributed by atoms with Crippen LogP contribution in [0.3, 0.4) is 0 Å². The van der Waals surface area contributed by atoms with Crippen molar-refractivity contribution >= 4 is 26.8 Å². The number of aromatic nitrogens is 2. The van der Waals surface area contributed by atoms with Crippen LogP contribution in [0.15, 0.2) is 42.7 Å². The average molecular weight is 457 g/mol. The topological polar surface area (TPSA) is 116 Å². The normalized spacial score (nSPS) is 20.2. The van der Waals surface area contributed by atoms with Gasteiger partial charge in [0.15, 0.2) is 0 Å². The average Bonchev–Trinajstić information content (AvgIpc) is 3.15. The van der Waals surface area contributed by atoms with Gasteiger partial charge in [0.05, 0.1) is 31.6 Å². The Kier molecular flexibility index (Phi) is 4.77. The van der Waals surface area contributed by atoms with Gasteiger partial charge >= 0.3 is 0 Å². The first-order valence-corrected chi connectivity index (χ1v) is 12.1. The van der Waals surface area contributed by atoms with Crippen molar-refractivity contribution in [3.05, 3.63) is 59.5 Å². The molecule has 3 aromatic rings. The van der Waals surface area contributed by atoms with Crippen LogP contribution in [-0.4, -0.2) is 78.2 Å². The van der Waals surface area contributed by atoms with Gasteiger partial charge in [0.1, 0.15) is 5.75 Å². The second kappa shape index (κ2) is 7.29. The van der Waals surface area contributed by atoms with Crippen molar-refractivity contribution in [2.75, 3.05) is 39.6 Å². The molecule has 0 aliphatic carbocycles. The van der Waals surface area contributed by atoms with Crippen molar-refractivity contribution < 1.29 is 23.1 Å². The lowest BCUT2D eigenvalue weighted by Crippen LogP contribution is -2.68. The second-order valence-corrected chi connectivity index (χ2v) is 10.5. The van der Waals surface area contributed by atoms with E-state index in [-0.39, 0.29) is 19.1 Å². The molecule has 168 valence electrons. The van der Waals surface area contributed by atoms with Gasteiger partial charge in [-0.25, -0.2) is 8.42 Å². The summed E-state index contributed by atoms with van der Waals surface area (Å²) >= 11 is 0. The van der Waals surface area contributed by atoms with E-state index >= 15 is 0 Å². The van der Waals surface area contributed by atoms with E-state index in [1.165, 1.54) is 10.5 Å². The highest BCUT2D eigenvalue weighted by Crippen LogP contribution is 2.49. The Morgan fingerprint density at radius 3 is 2.72 bits per heavy atom. The monoisotopic (exact) mass is 456 g/mol. The summed E-state index contributed by atoms with van der Waals surface area (Å²) in [6.45, 7) is 0.589. The number of nitrogens with zero attached hydrogens (tertiary/aromatic N) is 3. The number of carbonyl (C=O) groups excluding carboxylic acids is 1. The molecule has 10 heteroatoms. The number of carbonyl (C=O) groups is 1. The zero-order valence-electron chi connectivity index (χ0n) is 17.8. The highest BCUT2D eigenvalue weighted by molar-refractivity contribution is 7.88. The number of benzene rings is 1. The molecule has 1 spiro atoms. The lowest BCUT2D eigenvalue weighted by Gasteiger charge is -2.55. The first kappa shape index (κ1) is 20.9. The SMILES string of the molecule is COc1ccc2c3c([nH]c2c1)[C@@H](CO)N(S(C)(=O)=O)CC31CN(C(=O)c2cccnc2)C1. The fourth-order valence-corrected chi connectivity index (χ4v) is 6.18. The minimum Gasteiger partial charge on any atom is -0.497 e. The van der Waals surface area contributed by atoms with Crippen LogP contribution >= 0.6 is 0 Å². The maximum Gasteiger partial charge on any atom is 0.255 e. The Morgan fingerprint density at radius 2 is 2.09 bits per heavy atom. The Hall–Kier alpha value is -2.95. The van der Waals surface area contributed by atoms with E-state index in [2.05, 4.69) is 9.97 Å². The van der Waals surface area contributed by atoms with Gasteiger partial charge in [-0.15, -0.1) is 0 Å². The largest absolute Gasteiger partial charge is 0.497 e. The van der Waals surface area contributed by atoms with Crippen LogP contribution in [0, 0.1) is 0 Å². The summed E-state index contributed by atoms with van der Waals surface area (Å²) < 4.78 is 32.0. The molecular formula is C22H24N4O5S. The number of aromatic amines is 1. The number of methoxy groups -OCH3 is 1. The highest BCUT2D eigenvalue weighted by atomic mass is 32.2. The molecule has 9 nitrogen and oxygen atoms in total. The maximum absolute atomic E-state index is 12.9. The van der Waals surface area contributed by atoms with Gasteiger partial charge in [-0.05, 0) is 29.8 Å². The molecule has 0 bridgehead atoms. The van der Waals surface area contributed by atoms with Crippen molar-refractivity contribution in [2.45, 2.75) is 11.5 Å². The standard InChI is InChI=1S/C22H24N4O5S/c1-31-15-5-6-16-17(8-15)24-20-18(10-27)26(32(2,29)30)13-22(19(16)20)11-25(12-22)21(28)14-4-3-7-23-9-14/h3-9,18,24,27H,10-13H2,1-2H3/t18-/m1/s1. The van der Waals surface area contributed by atoms with Crippen molar-refractivity contribution in [1.29, 1.82) is 0 Å². The maximum atomic E-state index is 12.9. The molecule has 1 fully saturated rings. The quantitative estimate of drug-likeness (QED) is 0.611. The molecular weight excluding hydrogens is 432 g/mol. The smallest absolute Gasteiger partial charge is 0.255 e. The van der Waals surface area contributed by atoms with Crippen molar-refractivity contribution in [1.82, 2.24) is 19.2 Å². The number of ether oxygens (including phenoxy) is 1.